The van der Waals surface area contributed by atoms with Crippen molar-refractivity contribution in [3.8, 4) is 0 Å². The second-order valence-electron chi connectivity index (χ2n) is 5.71. The first kappa shape index (κ1) is 13.5. The summed E-state index contributed by atoms with van der Waals surface area (Å²) in [5.41, 5.74) is 0. The van der Waals surface area contributed by atoms with Crippen molar-refractivity contribution in [2.75, 3.05) is 25.9 Å². The fraction of sp³-hybridized carbons (Fsp3) is 0.733. The lowest BCUT2D eigenvalue weighted by Crippen LogP contribution is -2.46. The molecule has 0 spiro atoms. The molecule has 2 aliphatic rings. The first-order chi connectivity index (χ1) is 9.36. The van der Waals surface area contributed by atoms with Crippen LogP contribution in [-0.2, 0) is 0 Å². The van der Waals surface area contributed by atoms with Crippen molar-refractivity contribution >= 4 is 11.8 Å². The smallest absolute Gasteiger partial charge is 0.122 e. The Morgan fingerprint density at radius 1 is 1.42 bits per heavy atom. The molecule has 1 atom stereocenters. The molecule has 3 rings (SSSR count). The predicted octanol–water partition coefficient (Wildman–Crippen LogP) is 2.90. The van der Waals surface area contributed by atoms with Gasteiger partial charge in [-0.3, -0.25) is 4.90 Å². The van der Waals surface area contributed by atoms with Gasteiger partial charge in [-0.1, -0.05) is 0 Å². The normalized spacial score (nSPS) is 29.3. The Morgan fingerprint density at radius 2 is 2.21 bits per heavy atom. The molecule has 1 saturated heterocycles. The van der Waals surface area contributed by atoms with Crippen LogP contribution in [0.1, 0.15) is 37.5 Å². The Labute approximate surface area is 120 Å². The van der Waals surface area contributed by atoms with E-state index in [-0.39, 0.29) is 0 Å². The minimum absolute atomic E-state index is 0.422. The summed E-state index contributed by atoms with van der Waals surface area (Å²) in [6, 6.07) is 5.27. The largest absolute Gasteiger partial charge is 0.468 e. The van der Waals surface area contributed by atoms with Crippen LogP contribution in [-0.4, -0.2) is 42.1 Å². The molecule has 1 unspecified atom stereocenters. The highest BCUT2D eigenvalue weighted by Crippen LogP contribution is 2.31. The third-order valence-corrected chi connectivity index (χ3v) is 5.53. The van der Waals surface area contributed by atoms with E-state index in [2.05, 4.69) is 22.5 Å². The number of nitrogens with zero attached hydrogens (tertiary/aromatic N) is 1. The fourth-order valence-electron chi connectivity index (χ4n) is 3.15. The number of rotatable bonds is 6. The molecular weight excluding hydrogens is 256 g/mol. The Hall–Kier alpha value is -0.450. The van der Waals surface area contributed by atoms with Gasteiger partial charge in [0.15, 0.2) is 0 Å². The highest BCUT2D eigenvalue weighted by atomic mass is 32.2. The van der Waals surface area contributed by atoms with E-state index in [1.807, 2.05) is 17.8 Å². The number of nitrogens with one attached hydrogen (secondary N) is 1. The van der Waals surface area contributed by atoms with E-state index in [0.717, 1.165) is 23.6 Å². The van der Waals surface area contributed by atoms with Gasteiger partial charge in [-0.05, 0) is 57.2 Å². The zero-order valence-electron chi connectivity index (χ0n) is 11.7. The minimum atomic E-state index is 0.422. The Morgan fingerprint density at radius 3 is 2.84 bits per heavy atom. The number of likely N-dealkylation sites (tertiary alicyclic amines) is 1. The molecule has 1 aromatic heterocycles. The van der Waals surface area contributed by atoms with Gasteiger partial charge in [-0.25, -0.2) is 0 Å². The number of hydrogen-bond acceptors (Lipinski definition) is 4. The van der Waals surface area contributed by atoms with Gasteiger partial charge < -0.3 is 9.73 Å². The monoisotopic (exact) mass is 280 g/mol. The maximum absolute atomic E-state index is 5.65. The molecule has 1 N–H and O–H groups in total. The highest BCUT2D eigenvalue weighted by Gasteiger charge is 2.31. The van der Waals surface area contributed by atoms with Crippen LogP contribution < -0.4 is 5.32 Å². The molecule has 0 aromatic carbocycles. The van der Waals surface area contributed by atoms with Gasteiger partial charge in [0.1, 0.15) is 5.76 Å². The lowest BCUT2D eigenvalue weighted by molar-refractivity contribution is 0.195. The Kier molecular flexibility index (Phi) is 4.51. The fourth-order valence-corrected chi connectivity index (χ4v) is 4.00. The van der Waals surface area contributed by atoms with Gasteiger partial charge in [0.2, 0.25) is 0 Å². The summed E-state index contributed by atoms with van der Waals surface area (Å²) < 4.78 is 5.65. The molecule has 4 heteroatoms. The molecule has 2 fully saturated rings. The summed E-state index contributed by atoms with van der Waals surface area (Å²) in [4.78, 5) is 2.57. The van der Waals surface area contributed by atoms with Gasteiger partial charge in [0.05, 0.1) is 12.3 Å². The maximum atomic E-state index is 5.65. The van der Waals surface area contributed by atoms with Crippen molar-refractivity contribution in [1.29, 1.82) is 0 Å². The zero-order chi connectivity index (χ0) is 13.1. The summed E-state index contributed by atoms with van der Waals surface area (Å²) in [6.45, 7) is 3.45. The van der Waals surface area contributed by atoms with Crippen molar-refractivity contribution in [1.82, 2.24) is 10.2 Å². The van der Waals surface area contributed by atoms with Crippen molar-refractivity contribution < 1.29 is 4.42 Å². The molecule has 19 heavy (non-hydrogen) atoms. The van der Waals surface area contributed by atoms with E-state index < -0.39 is 0 Å². The first-order valence-electron chi connectivity index (χ1n) is 7.40. The van der Waals surface area contributed by atoms with Crippen LogP contribution >= 0.6 is 11.8 Å². The van der Waals surface area contributed by atoms with Gasteiger partial charge in [0, 0.05) is 17.8 Å². The minimum Gasteiger partial charge on any atom is -0.468 e. The molecule has 0 amide bonds. The lowest BCUT2D eigenvalue weighted by Gasteiger charge is -2.36. The third kappa shape index (κ3) is 3.18. The van der Waals surface area contributed by atoms with Crippen LogP contribution in [0.5, 0.6) is 0 Å². The number of furan rings is 1. The molecule has 1 aliphatic heterocycles. The quantitative estimate of drug-likeness (QED) is 0.867. The summed E-state index contributed by atoms with van der Waals surface area (Å²) in [5, 5.41) is 4.61. The molecular formula is C15H24N2OS. The van der Waals surface area contributed by atoms with E-state index in [1.165, 1.54) is 38.8 Å². The topological polar surface area (TPSA) is 28.4 Å². The summed E-state index contributed by atoms with van der Waals surface area (Å²) >= 11 is 2.00. The van der Waals surface area contributed by atoms with Gasteiger partial charge in [0.25, 0.3) is 0 Å². The number of thioether (sulfide) groups is 1. The van der Waals surface area contributed by atoms with Gasteiger partial charge in [-0.2, -0.15) is 11.8 Å². The van der Waals surface area contributed by atoms with Crippen molar-refractivity contribution in [3.63, 3.8) is 0 Å². The standard InChI is InChI=1S/C15H24N2OS/c1-19-13-9-12(10-13)16-11-14(15-5-4-8-18-15)17-6-2-3-7-17/h4-5,8,12-14,16H,2-3,6-7,9-11H2,1H3. The van der Waals surface area contributed by atoms with E-state index >= 15 is 0 Å². The molecule has 2 heterocycles. The first-order valence-corrected chi connectivity index (χ1v) is 8.69. The molecule has 1 aliphatic carbocycles. The SMILES string of the molecule is CSC1CC(NCC(c2ccco2)N2CCCC2)C1. The van der Waals surface area contributed by atoms with E-state index in [1.54, 1.807) is 6.26 Å². The average Bonchev–Trinajstić information content (AvgIpc) is 3.04. The van der Waals surface area contributed by atoms with Crippen molar-refractivity contribution in [3.05, 3.63) is 24.2 Å². The lowest BCUT2D eigenvalue weighted by atomic mass is 9.92. The molecule has 1 saturated carbocycles. The van der Waals surface area contributed by atoms with Crippen LogP contribution in [0.4, 0.5) is 0 Å². The molecule has 1 aromatic rings. The second-order valence-corrected chi connectivity index (χ2v) is 6.85. The Bertz CT molecular complexity index is 370. The predicted molar refractivity (Wildman–Crippen MR) is 80.6 cm³/mol. The van der Waals surface area contributed by atoms with E-state index in [4.69, 9.17) is 4.42 Å². The highest BCUT2D eigenvalue weighted by molar-refractivity contribution is 7.99. The average molecular weight is 280 g/mol. The van der Waals surface area contributed by atoms with E-state index in [0.29, 0.717) is 6.04 Å². The summed E-state index contributed by atoms with van der Waals surface area (Å²) in [5.74, 6) is 1.12. The van der Waals surface area contributed by atoms with Crippen LogP contribution in [0.15, 0.2) is 22.8 Å². The zero-order valence-corrected chi connectivity index (χ0v) is 12.5. The van der Waals surface area contributed by atoms with Gasteiger partial charge in [-0.15, -0.1) is 0 Å². The maximum Gasteiger partial charge on any atom is 0.122 e. The van der Waals surface area contributed by atoms with Crippen LogP contribution in [0.3, 0.4) is 0 Å². The second kappa shape index (κ2) is 6.33. The van der Waals surface area contributed by atoms with Crippen LogP contribution in [0, 0.1) is 0 Å². The van der Waals surface area contributed by atoms with Crippen LogP contribution in [0.2, 0.25) is 0 Å². The van der Waals surface area contributed by atoms with Crippen LogP contribution in [0.25, 0.3) is 0 Å². The Balaban J connectivity index is 1.54. The van der Waals surface area contributed by atoms with Crippen molar-refractivity contribution in [2.24, 2.45) is 0 Å². The van der Waals surface area contributed by atoms with Gasteiger partial charge >= 0.3 is 0 Å². The van der Waals surface area contributed by atoms with Crippen molar-refractivity contribution in [2.45, 2.75) is 43.0 Å². The third-order valence-electron chi connectivity index (χ3n) is 4.48. The molecule has 106 valence electrons. The summed E-state index contributed by atoms with van der Waals surface area (Å²) in [6.07, 6.45) is 9.32. The molecule has 3 nitrogen and oxygen atoms in total. The molecule has 0 bridgehead atoms. The number of hydrogen-bond donors (Lipinski definition) is 1. The summed E-state index contributed by atoms with van der Waals surface area (Å²) in [7, 11) is 0. The van der Waals surface area contributed by atoms with E-state index in [9.17, 15) is 0 Å². The molecule has 0 radical (unpaired) electrons.